The Labute approximate surface area is 127 Å². The summed E-state index contributed by atoms with van der Waals surface area (Å²) in [4.78, 5) is 1.19. The average molecular weight is 297 g/mol. The van der Waals surface area contributed by atoms with Crippen LogP contribution in [0.1, 0.15) is 27.2 Å². The number of ether oxygens (including phenoxy) is 1. The molecule has 2 atom stereocenters. The molecule has 0 saturated heterocycles. The van der Waals surface area contributed by atoms with Crippen molar-refractivity contribution < 1.29 is 9.84 Å². The minimum atomic E-state index is -0.487. The van der Waals surface area contributed by atoms with Crippen LogP contribution in [0.5, 0.6) is 0 Å². The third kappa shape index (κ3) is 6.64. The Hall–Kier alpha value is -0.710. The second kappa shape index (κ2) is 9.27. The van der Waals surface area contributed by atoms with Gasteiger partial charge in [0.1, 0.15) is 0 Å². The second-order valence-corrected chi connectivity index (χ2v) is 6.36. The van der Waals surface area contributed by atoms with E-state index >= 15 is 0 Å². The van der Waals surface area contributed by atoms with Gasteiger partial charge in [0.15, 0.2) is 0 Å². The SMILES string of the molecule is CSc1ccccc1NCC(O)COC(C)CC(C)C. The fraction of sp³-hybridized carbons (Fsp3) is 0.625. The molecule has 0 aliphatic carbocycles. The molecular formula is C16H27NO2S. The third-order valence-electron chi connectivity index (χ3n) is 3.01. The average Bonchev–Trinajstić information content (AvgIpc) is 2.42. The van der Waals surface area contributed by atoms with E-state index in [1.54, 1.807) is 11.8 Å². The molecule has 2 N–H and O–H groups in total. The van der Waals surface area contributed by atoms with Crippen LogP contribution in [-0.4, -0.2) is 36.7 Å². The number of hydrogen-bond donors (Lipinski definition) is 2. The van der Waals surface area contributed by atoms with Crippen molar-refractivity contribution >= 4 is 17.4 Å². The Morgan fingerprint density at radius 1 is 1.25 bits per heavy atom. The summed E-state index contributed by atoms with van der Waals surface area (Å²) in [7, 11) is 0. The molecule has 2 unspecified atom stereocenters. The number of hydrogen-bond acceptors (Lipinski definition) is 4. The highest BCUT2D eigenvalue weighted by Crippen LogP contribution is 2.24. The molecule has 1 rings (SSSR count). The zero-order valence-corrected chi connectivity index (χ0v) is 13.7. The minimum absolute atomic E-state index is 0.197. The van der Waals surface area contributed by atoms with E-state index in [4.69, 9.17) is 4.74 Å². The number of thioether (sulfide) groups is 1. The van der Waals surface area contributed by atoms with Gasteiger partial charge in [0.25, 0.3) is 0 Å². The molecule has 4 heteroatoms. The van der Waals surface area contributed by atoms with E-state index in [1.807, 2.05) is 24.5 Å². The van der Waals surface area contributed by atoms with Crippen molar-refractivity contribution in [3.63, 3.8) is 0 Å². The maximum absolute atomic E-state index is 9.96. The predicted octanol–water partition coefficient (Wildman–Crippen LogP) is 3.63. The van der Waals surface area contributed by atoms with Crippen molar-refractivity contribution in [2.75, 3.05) is 24.7 Å². The summed E-state index contributed by atoms with van der Waals surface area (Å²) in [5.41, 5.74) is 1.06. The fourth-order valence-corrected chi connectivity index (χ4v) is 2.66. The van der Waals surface area contributed by atoms with Crippen LogP contribution in [0, 0.1) is 5.92 Å². The molecule has 0 aliphatic heterocycles. The maximum Gasteiger partial charge on any atom is 0.0945 e. The van der Waals surface area contributed by atoms with Gasteiger partial charge in [0.05, 0.1) is 18.8 Å². The zero-order valence-electron chi connectivity index (χ0n) is 12.9. The molecule has 0 bridgehead atoms. The van der Waals surface area contributed by atoms with Crippen molar-refractivity contribution in [1.29, 1.82) is 0 Å². The van der Waals surface area contributed by atoms with Gasteiger partial charge in [0, 0.05) is 17.1 Å². The van der Waals surface area contributed by atoms with Crippen LogP contribution in [0.3, 0.4) is 0 Å². The second-order valence-electron chi connectivity index (χ2n) is 5.51. The Bertz CT molecular complexity index is 384. The number of benzene rings is 1. The number of rotatable bonds is 9. The van der Waals surface area contributed by atoms with Gasteiger partial charge in [-0.1, -0.05) is 26.0 Å². The van der Waals surface area contributed by atoms with Crippen LogP contribution in [-0.2, 0) is 4.74 Å². The number of anilines is 1. The summed E-state index contributed by atoms with van der Waals surface area (Å²) < 4.78 is 5.66. The van der Waals surface area contributed by atoms with Gasteiger partial charge in [-0.05, 0) is 37.7 Å². The lowest BCUT2D eigenvalue weighted by Crippen LogP contribution is -2.27. The molecular weight excluding hydrogens is 270 g/mol. The topological polar surface area (TPSA) is 41.5 Å². The molecule has 0 heterocycles. The van der Waals surface area contributed by atoms with Crippen molar-refractivity contribution in [2.24, 2.45) is 5.92 Å². The monoisotopic (exact) mass is 297 g/mol. The highest BCUT2D eigenvalue weighted by molar-refractivity contribution is 7.98. The van der Waals surface area contributed by atoms with Gasteiger partial charge < -0.3 is 15.2 Å². The molecule has 114 valence electrons. The quantitative estimate of drug-likeness (QED) is 0.683. The summed E-state index contributed by atoms with van der Waals surface area (Å²) >= 11 is 1.70. The lowest BCUT2D eigenvalue weighted by atomic mass is 10.1. The fourth-order valence-electron chi connectivity index (χ4n) is 2.08. The number of aliphatic hydroxyl groups is 1. The minimum Gasteiger partial charge on any atom is -0.389 e. The number of nitrogens with one attached hydrogen (secondary N) is 1. The molecule has 0 radical (unpaired) electrons. The Morgan fingerprint density at radius 2 is 1.95 bits per heavy atom. The normalized spacial score (nSPS) is 14.3. The van der Waals surface area contributed by atoms with Crippen molar-refractivity contribution in [1.82, 2.24) is 0 Å². The van der Waals surface area contributed by atoms with Crippen LogP contribution < -0.4 is 5.32 Å². The maximum atomic E-state index is 9.96. The van der Waals surface area contributed by atoms with Gasteiger partial charge in [-0.15, -0.1) is 11.8 Å². The molecule has 0 amide bonds. The highest BCUT2D eigenvalue weighted by Gasteiger charge is 2.10. The van der Waals surface area contributed by atoms with E-state index in [0.717, 1.165) is 12.1 Å². The molecule has 0 aromatic heterocycles. The molecule has 0 aliphatic rings. The highest BCUT2D eigenvalue weighted by atomic mass is 32.2. The van der Waals surface area contributed by atoms with Crippen molar-refractivity contribution in [3.05, 3.63) is 24.3 Å². The molecule has 0 fully saturated rings. The zero-order chi connectivity index (χ0) is 15.0. The first-order valence-electron chi connectivity index (χ1n) is 7.19. The Morgan fingerprint density at radius 3 is 2.60 bits per heavy atom. The molecule has 0 spiro atoms. The van der Waals surface area contributed by atoms with Gasteiger partial charge in [-0.25, -0.2) is 0 Å². The summed E-state index contributed by atoms with van der Waals surface area (Å²) in [6.45, 7) is 7.30. The van der Waals surface area contributed by atoms with Gasteiger partial charge in [-0.3, -0.25) is 0 Å². The first kappa shape index (κ1) is 17.3. The molecule has 3 nitrogen and oxygen atoms in total. The lowest BCUT2D eigenvalue weighted by molar-refractivity contribution is -0.00444. The van der Waals surface area contributed by atoms with Gasteiger partial charge in [-0.2, -0.15) is 0 Å². The lowest BCUT2D eigenvalue weighted by Gasteiger charge is -2.19. The van der Waals surface area contributed by atoms with E-state index in [2.05, 4.69) is 32.2 Å². The Kier molecular flexibility index (Phi) is 8.04. The largest absolute Gasteiger partial charge is 0.389 e. The summed E-state index contributed by atoms with van der Waals surface area (Å²) in [6, 6.07) is 8.11. The van der Waals surface area contributed by atoms with Crippen LogP contribution in [0.25, 0.3) is 0 Å². The predicted molar refractivity (Wildman–Crippen MR) is 87.6 cm³/mol. The van der Waals surface area contributed by atoms with Crippen LogP contribution >= 0.6 is 11.8 Å². The summed E-state index contributed by atoms with van der Waals surface area (Å²) in [5.74, 6) is 0.619. The van der Waals surface area contributed by atoms with Gasteiger partial charge in [0.2, 0.25) is 0 Å². The van der Waals surface area contributed by atoms with E-state index in [9.17, 15) is 5.11 Å². The van der Waals surface area contributed by atoms with E-state index in [-0.39, 0.29) is 6.10 Å². The summed E-state index contributed by atoms with van der Waals surface area (Å²) in [5, 5.41) is 13.2. The number of para-hydroxylation sites is 1. The first-order chi connectivity index (χ1) is 9.52. The van der Waals surface area contributed by atoms with Gasteiger partial charge >= 0.3 is 0 Å². The molecule has 0 saturated carbocycles. The molecule has 1 aromatic rings. The number of aliphatic hydroxyl groups excluding tert-OH is 1. The standard InChI is InChI=1S/C16H27NO2S/c1-12(2)9-13(3)19-11-14(18)10-17-15-7-5-6-8-16(15)20-4/h5-8,12-14,17-18H,9-11H2,1-4H3. The van der Waals surface area contributed by atoms with Crippen LogP contribution in [0.2, 0.25) is 0 Å². The Balaban J connectivity index is 2.31. The smallest absolute Gasteiger partial charge is 0.0945 e. The summed E-state index contributed by atoms with van der Waals surface area (Å²) in [6.07, 6.45) is 2.78. The van der Waals surface area contributed by atoms with Crippen LogP contribution in [0.4, 0.5) is 5.69 Å². The van der Waals surface area contributed by atoms with E-state index in [0.29, 0.717) is 19.1 Å². The van der Waals surface area contributed by atoms with Crippen molar-refractivity contribution in [3.8, 4) is 0 Å². The van der Waals surface area contributed by atoms with E-state index in [1.165, 1.54) is 4.90 Å². The molecule has 1 aromatic carbocycles. The first-order valence-corrected chi connectivity index (χ1v) is 8.42. The van der Waals surface area contributed by atoms with E-state index < -0.39 is 6.10 Å². The van der Waals surface area contributed by atoms with Crippen molar-refractivity contribution in [2.45, 2.75) is 44.3 Å². The van der Waals surface area contributed by atoms with Crippen LogP contribution in [0.15, 0.2) is 29.2 Å². The molecule has 20 heavy (non-hydrogen) atoms. The third-order valence-corrected chi connectivity index (χ3v) is 3.81.